The Kier molecular flexibility index (Phi) is 6.70. The third-order valence-corrected chi connectivity index (χ3v) is 9.46. The fourth-order valence-electron chi connectivity index (χ4n) is 7.17. The van der Waals surface area contributed by atoms with Gasteiger partial charge in [-0.05, 0) is 39.9 Å². The molecule has 0 saturated carbocycles. The van der Waals surface area contributed by atoms with Crippen LogP contribution in [0.25, 0.3) is 56.2 Å². The summed E-state index contributed by atoms with van der Waals surface area (Å²) in [5, 5.41) is 0.688. The first-order valence-electron chi connectivity index (χ1n) is 15.9. The predicted molar refractivity (Wildman–Crippen MR) is 194 cm³/mol. The van der Waals surface area contributed by atoms with Gasteiger partial charge in [0.25, 0.3) is 0 Å². The summed E-state index contributed by atoms with van der Waals surface area (Å²) in [6, 6.07) is 55.9. The molecule has 0 spiro atoms. The maximum absolute atomic E-state index is 6.69. The molecule has 6 aromatic carbocycles. The average Bonchev–Trinajstić information content (AvgIpc) is 3.45. The molecule has 0 amide bonds. The zero-order valence-electron chi connectivity index (χ0n) is 25.8. The quantitative estimate of drug-likeness (QED) is 0.189. The third kappa shape index (κ3) is 4.38. The highest BCUT2D eigenvalue weighted by Gasteiger charge is 2.49. The van der Waals surface area contributed by atoms with Crippen molar-refractivity contribution in [2.24, 2.45) is 0 Å². The second-order valence-corrected chi connectivity index (χ2v) is 12.4. The van der Waals surface area contributed by atoms with Gasteiger partial charge in [-0.25, -0.2) is 19.9 Å². The SMILES string of the molecule is Clc1ccc2c(c1)-c1ccccc1C2(c1ccccc1)c1nc2c(-c3ccccc3)nc(-c3ccccc3)nc2nc1-c1ccccc1. The Morgan fingerprint density at radius 1 is 0.438 bits per heavy atom. The summed E-state index contributed by atoms with van der Waals surface area (Å²) in [5.41, 5.74) is 11.0. The summed E-state index contributed by atoms with van der Waals surface area (Å²) in [6.07, 6.45) is 0. The van der Waals surface area contributed by atoms with Crippen LogP contribution in [0.1, 0.15) is 22.4 Å². The second-order valence-electron chi connectivity index (χ2n) is 11.9. The van der Waals surface area contributed by atoms with Gasteiger partial charge >= 0.3 is 0 Å². The molecule has 2 heterocycles. The highest BCUT2D eigenvalue weighted by molar-refractivity contribution is 6.31. The van der Waals surface area contributed by atoms with Gasteiger partial charge in [0.05, 0.1) is 16.8 Å². The zero-order valence-corrected chi connectivity index (χ0v) is 26.5. The Hall–Kier alpha value is -5.97. The minimum absolute atomic E-state index is 0.538. The van der Waals surface area contributed by atoms with Crippen LogP contribution in [-0.4, -0.2) is 19.9 Å². The lowest BCUT2D eigenvalue weighted by Crippen LogP contribution is -2.31. The number of hydrogen-bond donors (Lipinski definition) is 0. The number of aromatic nitrogens is 4. The molecule has 9 rings (SSSR count). The molecule has 2 aromatic heterocycles. The van der Waals surface area contributed by atoms with Crippen LogP contribution in [0.4, 0.5) is 0 Å². The fourth-order valence-corrected chi connectivity index (χ4v) is 7.34. The Labute approximate surface area is 283 Å². The first-order valence-corrected chi connectivity index (χ1v) is 16.3. The van der Waals surface area contributed by atoms with E-state index in [-0.39, 0.29) is 0 Å². The molecule has 1 unspecified atom stereocenters. The molecule has 5 heteroatoms. The first kappa shape index (κ1) is 28.3. The summed E-state index contributed by atoms with van der Waals surface area (Å²) in [7, 11) is 0. The molecular formula is C43H27ClN4. The summed E-state index contributed by atoms with van der Waals surface area (Å²) < 4.78 is 0. The molecule has 226 valence electrons. The summed E-state index contributed by atoms with van der Waals surface area (Å²) >= 11 is 6.69. The molecule has 48 heavy (non-hydrogen) atoms. The number of fused-ring (bicyclic) bond motifs is 4. The normalized spacial score (nSPS) is 14.9. The molecule has 0 aliphatic heterocycles. The lowest BCUT2D eigenvalue weighted by Gasteiger charge is -2.34. The topological polar surface area (TPSA) is 51.6 Å². The summed E-state index contributed by atoms with van der Waals surface area (Å²) in [5.74, 6) is 0.604. The predicted octanol–water partition coefficient (Wildman–Crippen LogP) is 10.4. The van der Waals surface area contributed by atoms with Gasteiger partial charge in [0, 0.05) is 21.7 Å². The number of benzene rings is 6. The van der Waals surface area contributed by atoms with E-state index in [1.807, 2.05) is 72.8 Å². The van der Waals surface area contributed by atoms with Gasteiger partial charge in [0.15, 0.2) is 11.5 Å². The van der Waals surface area contributed by atoms with Crippen LogP contribution in [0.3, 0.4) is 0 Å². The molecule has 0 radical (unpaired) electrons. The highest BCUT2D eigenvalue weighted by atomic mass is 35.5. The van der Waals surface area contributed by atoms with Gasteiger partial charge in [-0.15, -0.1) is 0 Å². The van der Waals surface area contributed by atoms with Crippen molar-refractivity contribution in [2.45, 2.75) is 5.41 Å². The summed E-state index contributed by atoms with van der Waals surface area (Å²) in [4.78, 5) is 21.4. The van der Waals surface area contributed by atoms with Crippen molar-refractivity contribution in [3.8, 4) is 45.0 Å². The van der Waals surface area contributed by atoms with Crippen LogP contribution < -0.4 is 0 Å². The van der Waals surface area contributed by atoms with Crippen LogP contribution in [0, 0.1) is 0 Å². The molecule has 1 aliphatic rings. The fraction of sp³-hybridized carbons (Fsp3) is 0.0233. The maximum atomic E-state index is 6.69. The molecule has 4 nitrogen and oxygen atoms in total. The van der Waals surface area contributed by atoms with Crippen LogP contribution in [0.5, 0.6) is 0 Å². The molecule has 0 saturated heterocycles. The monoisotopic (exact) mass is 634 g/mol. The number of halogens is 1. The standard InChI is InChI=1S/C43H27ClN4/c44-32-25-26-36-34(27-32)33-23-13-14-24-35(33)43(36,31-21-11-4-12-22-31)40-38(29-17-7-2-8-18-29)47-42-39(45-40)37(28-15-5-1-6-16-28)46-41(48-42)30-19-9-3-10-20-30/h1-27H. The third-order valence-electron chi connectivity index (χ3n) is 9.23. The first-order chi connectivity index (χ1) is 23.7. The van der Waals surface area contributed by atoms with Gasteiger partial charge in [-0.1, -0.05) is 163 Å². The largest absolute Gasteiger partial charge is 0.243 e. The van der Waals surface area contributed by atoms with Crippen molar-refractivity contribution in [1.82, 2.24) is 19.9 Å². The van der Waals surface area contributed by atoms with Gasteiger partial charge in [-0.2, -0.15) is 0 Å². The molecule has 1 aliphatic carbocycles. The highest BCUT2D eigenvalue weighted by Crippen LogP contribution is 2.57. The number of nitrogens with zero attached hydrogens (tertiary/aromatic N) is 4. The van der Waals surface area contributed by atoms with Gasteiger partial charge in [-0.3, -0.25) is 0 Å². The smallest absolute Gasteiger partial charge is 0.183 e. The lowest BCUT2D eigenvalue weighted by atomic mass is 9.69. The van der Waals surface area contributed by atoms with E-state index in [1.54, 1.807) is 0 Å². The average molecular weight is 635 g/mol. The molecule has 0 bridgehead atoms. The van der Waals surface area contributed by atoms with Gasteiger partial charge in [0.2, 0.25) is 0 Å². The van der Waals surface area contributed by atoms with Crippen LogP contribution in [0.2, 0.25) is 5.02 Å². The molecule has 0 N–H and O–H groups in total. The number of hydrogen-bond acceptors (Lipinski definition) is 4. The van der Waals surface area contributed by atoms with E-state index in [9.17, 15) is 0 Å². The molecule has 0 fully saturated rings. The van der Waals surface area contributed by atoms with E-state index in [0.717, 1.165) is 61.6 Å². The van der Waals surface area contributed by atoms with E-state index in [0.29, 0.717) is 22.0 Å². The van der Waals surface area contributed by atoms with E-state index in [1.165, 1.54) is 0 Å². The summed E-state index contributed by atoms with van der Waals surface area (Å²) in [6.45, 7) is 0. The van der Waals surface area contributed by atoms with Crippen molar-refractivity contribution in [2.75, 3.05) is 0 Å². The Morgan fingerprint density at radius 2 is 1.00 bits per heavy atom. The Bertz CT molecular complexity index is 2450. The van der Waals surface area contributed by atoms with Crippen molar-refractivity contribution in [3.63, 3.8) is 0 Å². The van der Waals surface area contributed by atoms with Crippen molar-refractivity contribution >= 4 is 22.8 Å². The van der Waals surface area contributed by atoms with Crippen molar-refractivity contribution in [1.29, 1.82) is 0 Å². The minimum Gasteiger partial charge on any atom is -0.243 e. The second kappa shape index (κ2) is 11.4. The van der Waals surface area contributed by atoms with Crippen LogP contribution in [-0.2, 0) is 5.41 Å². The van der Waals surface area contributed by atoms with Crippen LogP contribution >= 0.6 is 11.6 Å². The number of rotatable bonds is 5. The van der Waals surface area contributed by atoms with E-state index in [4.69, 9.17) is 31.5 Å². The Morgan fingerprint density at radius 3 is 1.69 bits per heavy atom. The van der Waals surface area contributed by atoms with Gasteiger partial charge < -0.3 is 0 Å². The molecular weight excluding hydrogens is 608 g/mol. The zero-order chi connectivity index (χ0) is 32.1. The maximum Gasteiger partial charge on any atom is 0.183 e. The molecule has 8 aromatic rings. The van der Waals surface area contributed by atoms with E-state index < -0.39 is 5.41 Å². The van der Waals surface area contributed by atoms with E-state index in [2.05, 4.69) is 91.0 Å². The van der Waals surface area contributed by atoms with Crippen molar-refractivity contribution in [3.05, 3.63) is 191 Å². The van der Waals surface area contributed by atoms with Gasteiger partial charge in [0.1, 0.15) is 11.2 Å². The lowest BCUT2D eigenvalue weighted by molar-refractivity contribution is 0.736. The minimum atomic E-state index is -0.809. The van der Waals surface area contributed by atoms with Crippen LogP contribution in [0.15, 0.2) is 164 Å². The van der Waals surface area contributed by atoms with E-state index >= 15 is 0 Å². The molecule has 1 atom stereocenters. The van der Waals surface area contributed by atoms with Crippen molar-refractivity contribution < 1.29 is 0 Å². The Balaban J connectivity index is 1.47.